The Hall–Kier alpha value is -2.77. The average Bonchev–Trinajstić information content (AvgIpc) is 3.20. The van der Waals surface area contributed by atoms with Gasteiger partial charge in [0.25, 0.3) is 5.91 Å². The summed E-state index contributed by atoms with van der Waals surface area (Å²) < 4.78 is 3.81. The Balaban J connectivity index is 2.18. The summed E-state index contributed by atoms with van der Waals surface area (Å²) in [4.78, 5) is 28.4. The molecule has 6 nitrogen and oxygen atoms in total. The number of halogens is 1. The quantitative estimate of drug-likeness (QED) is 0.615. The van der Waals surface area contributed by atoms with Crippen molar-refractivity contribution < 1.29 is 9.59 Å². The van der Waals surface area contributed by atoms with E-state index >= 15 is 0 Å². The lowest BCUT2D eigenvalue weighted by molar-refractivity contribution is -0.123. The van der Waals surface area contributed by atoms with E-state index in [-0.39, 0.29) is 11.6 Å². The Bertz CT molecular complexity index is 1030. The van der Waals surface area contributed by atoms with E-state index in [4.69, 9.17) is 11.6 Å². The van der Waals surface area contributed by atoms with E-state index in [9.17, 15) is 9.59 Å². The molecule has 0 aliphatic carbocycles. The molecule has 1 heterocycles. The minimum absolute atomic E-state index is 0.184. The topological polar surface area (TPSA) is 75.2 Å². The van der Waals surface area contributed by atoms with Crippen LogP contribution in [-0.4, -0.2) is 26.9 Å². The van der Waals surface area contributed by atoms with Crippen LogP contribution in [0, 0.1) is 6.92 Å². The fraction of sp³-hybridized carbons (Fsp3) is 0.273. The van der Waals surface area contributed by atoms with Gasteiger partial charge in [0, 0.05) is 21.6 Å². The maximum Gasteiger partial charge on any atom is 0.280 e. The van der Waals surface area contributed by atoms with Gasteiger partial charge in [0.15, 0.2) is 5.69 Å². The zero-order valence-corrected chi connectivity index (χ0v) is 18.8. The van der Waals surface area contributed by atoms with Crippen molar-refractivity contribution in [2.45, 2.75) is 39.3 Å². The van der Waals surface area contributed by atoms with E-state index in [0.29, 0.717) is 16.3 Å². The molecule has 1 aromatic heterocycles. The number of nitrogens with zero attached hydrogens (tertiary/aromatic N) is 3. The summed E-state index contributed by atoms with van der Waals surface area (Å²) in [7, 11) is 0. The molecule has 0 bridgehead atoms. The summed E-state index contributed by atoms with van der Waals surface area (Å²) in [5.41, 5.74) is 1.90. The number of benzene rings is 2. The van der Waals surface area contributed by atoms with Gasteiger partial charge in [-0.15, -0.1) is 5.10 Å². The van der Waals surface area contributed by atoms with Crippen LogP contribution in [0.1, 0.15) is 48.4 Å². The van der Waals surface area contributed by atoms with E-state index in [1.165, 1.54) is 4.90 Å². The lowest BCUT2D eigenvalue weighted by Crippen LogP contribution is -2.49. The molecule has 0 saturated heterocycles. The lowest BCUT2D eigenvalue weighted by Gasteiger charge is -2.33. The maximum absolute atomic E-state index is 13.5. The molecule has 8 heteroatoms. The molecule has 0 spiro atoms. The van der Waals surface area contributed by atoms with Crippen molar-refractivity contribution in [1.82, 2.24) is 14.9 Å². The molecule has 1 N–H and O–H groups in total. The van der Waals surface area contributed by atoms with Crippen LogP contribution in [0.3, 0.4) is 0 Å². The van der Waals surface area contributed by atoms with Gasteiger partial charge >= 0.3 is 0 Å². The van der Waals surface area contributed by atoms with E-state index < -0.39 is 17.5 Å². The molecule has 1 atom stereocenters. The molecule has 0 fully saturated rings. The first-order valence-electron chi connectivity index (χ1n) is 9.40. The van der Waals surface area contributed by atoms with Crippen LogP contribution in [0.25, 0.3) is 0 Å². The number of aromatic nitrogens is 2. The fourth-order valence-corrected chi connectivity index (χ4v) is 3.60. The Morgan fingerprint density at radius 3 is 2.40 bits per heavy atom. The predicted octanol–water partition coefficient (Wildman–Crippen LogP) is 4.80. The molecule has 0 radical (unpaired) electrons. The number of aryl methyl sites for hydroxylation is 1. The van der Waals surface area contributed by atoms with Crippen molar-refractivity contribution in [2.24, 2.45) is 0 Å². The van der Waals surface area contributed by atoms with Crippen molar-refractivity contribution in [1.29, 1.82) is 0 Å². The van der Waals surface area contributed by atoms with E-state index in [2.05, 4.69) is 14.9 Å². The van der Waals surface area contributed by atoms with Crippen LogP contribution in [0.5, 0.6) is 0 Å². The Kier molecular flexibility index (Phi) is 6.53. The SMILES string of the molecule is Cc1cccc(N(C(=O)c2csnn2)C(C(=O)NC(C)(C)C)c2ccc(Cl)cc2)c1. The largest absolute Gasteiger partial charge is 0.349 e. The van der Waals surface area contributed by atoms with E-state index in [0.717, 1.165) is 17.1 Å². The van der Waals surface area contributed by atoms with Gasteiger partial charge in [-0.05, 0) is 74.6 Å². The maximum atomic E-state index is 13.5. The van der Waals surface area contributed by atoms with Crippen LogP contribution in [0.15, 0.2) is 53.9 Å². The third kappa shape index (κ3) is 5.23. The van der Waals surface area contributed by atoms with E-state index in [1.54, 1.807) is 35.7 Å². The third-order valence-corrected chi connectivity index (χ3v) is 5.02. The van der Waals surface area contributed by atoms with Gasteiger partial charge in [-0.3, -0.25) is 14.5 Å². The fourth-order valence-electron chi connectivity index (χ4n) is 3.04. The highest BCUT2D eigenvalue weighted by atomic mass is 35.5. The van der Waals surface area contributed by atoms with Crippen LogP contribution in [-0.2, 0) is 4.79 Å². The Morgan fingerprint density at radius 1 is 1.13 bits per heavy atom. The number of nitrogens with one attached hydrogen (secondary N) is 1. The van der Waals surface area contributed by atoms with Gasteiger partial charge in [0.1, 0.15) is 6.04 Å². The van der Waals surface area contributed by atoms with Crippen LogP contribution in [0.2, 0.25) is 5.02 Å². The molecular weight excluding hydrogens is 420 g/mol. The van der Waals surface area contributed by atoms with Crippen LogP contribution < -0.4 is 10.2 Å². The summed E-state index contributed by atoms with van der Waals surface area (Å²) in [5, 5.41) is 9.05. The Labute approximate surface area is 185 Å². The normalized spacial score (nSPS) is 12.3. The molecule has 0 aliphatic heterocycles. The molecule has 0 aliphatic rings. The lowest BCUT2D eigenvalue weighted by atomic mass is 10.00. The molecular formula is C22H23ClN4O2S. The summed E-state index contributed by atoms with van der Waals surface area (Å²) in [6.45, 7) is 7.62. The highest BCUT2D eigenvalue weighted by molar-refractivity contribution is 7.03. The first-order chi connectivity index (χ1) is 14.2. The summed E-state index contributed by atoms with van der Waals surface area (Å²) >= 11 is 7.15. The zero-order chi connectivity index (χ0) is 21.9. The Morgan fingerprint density at radius 2 is 1.83 bits per heavy atom. The molecule has 156 valence electrons. The molecule has 1 unspecified atom stereocenters. The number of carbonyl (C=O) groups is 2. The highest BCUT2D eigenvalue weighted by Crippen LogP contribution is 2.31. The van der Waals surface area contributed by atoms with Crippen molar-refractivity contribution >= 4 is 40.6 Å². The first-order valence-corrected chi connectivity index (χ1v) is 10.6. The van der Waals surface area contributed by atoms with Gasteiger partial charge in [0.2, 0.25) is 5.91 Å². The molecule has 0 saturated carbocycles. The zero-order valence-electron chi connectivity index (χ0n) is 17.2. The second-order valence-electron chi connectivity index (χ2n) is 8.00. The van der Waals surface area contributed by atoms with Crippen LogP contribution >= 0.6 is 23.1 Å². The number of rotatable bonds is 5. The van der Waals surface area contributed by atoms with Gasteiger partial charge in [-0.25, -0.2) is 0 Å². The molecule has 2 amide bonds. The van der Waals surface area contributed by atoms with Crippen molar-refractivity contribution in [3.05, 3.63) is 75.8 Å². The first kappa shape index (κ1) is 21.9. The van der Waals surface area contributed by atoms with E-state index in [1.807, 2.05) is 45.9 Å². The molecule has 3 rings (SSSR count). The standard InChI is InChI=1S/C22H23ClN4O2S/c1-14-6-5-7-17(12-14)27(21(29)18-13-30-26-25-18)19(20(28)24-22(2,3)4)15-8-10-16(23)11-9-15/h5-13,19H,1-4H3,(H,24,28). The summed E-state index contributed by atoms with van der Waals surface area (Å²) in [6.07, 6.45) is 0. The predicted molar refractivity (Wildman–Crippen MR) is 120 cm³/mol. The van der Waals surface area contributed by atoms with Gasteiger partial charge < -0.3 is 5.32 Å². The van der Waals surface area contributed by atoms with Gasteiger partial charge in [-0.1, -0.05) is 40.4 Å². The minimum Gasteiger partial charge on any atom is -0.349 e. The van der Waals surface area contributed by atoms with Crippen LogP contribution in [0.4, 0.5) is 5.69 Å². The number of carbonyl (C=O) groups excluding carboxylic acids is 2. The minimum atomic E-state index is -0.919. The van der Waals surface area contributed by atoms with Gasteiger partial charge in [-0.2, -0.15) is 0 Å². The number of hydrogen-bond donors (Lipinski definition) is 1. The number of amides is 2. The van der Waals surface area contributed by atoms with Crippen molar-refractivity contribution in [2.75, 3.05) is 4.90 Å². The highest BCUT2D eigenvalue weighted by Gasteiger charge is 2.35. The average molecular weight is 443 g/mol. The number of anilines is 1. The summed E-state index contributed by atoms with van der Waals surface area (Å²) in [6, 6.07) is 13.5. The molecule has 2 aromatic carbocycles. The second kappa shape index (κ2) is 8.93. The third-order valence-electron chi connectivity index (χ3n) is 4.27. The molecule has 30 heavy (non-hydrogen) atoms. The van der Waals surface area contributed by atoms with Gasteiger partial charge in [0.05, 0.1) is 0 Å². The smallest absolute Gasteiger partial charge is 0.280 e. The molecule has 3 aromatic rings. The monoisotopic (exact) mass is 442 g/mol. The second-order valence-corrected chi connectivity index (χ2v) is 9.04. The summed E-state index contributed by atoms with van der Waals surface area (Å²) in [5.74, 6) is -0.707. The van der Waals surface area contributed by atoms with Crippen molar-refractivity contribution in [3.8, 4) is 0 Å². The number of hydrogen-bond acceptors (Lipinski definition) is 5. The van der Waals surface area contributed by atoms with Crippen molar-refractivity contribution in [3.63, 3.8) is 0 Å².